The van der Waals surface area contributed by atoms with Gasteiger partial charge in [0.1, 0.15) is 5.75 Å². The van der Waals surface area contributed by atoms with Crippen molar-refractivity contribution in [3.8, 4) is 5.75 Å². The molecule has 2 aromatic rings. The molecule has 2 aromatic carbocycles. The Hall–Kier alpha value is -2.29. The van der Waals surface area contributed by atoms with Gasteiger partial charge in [-0.1, -0.05) is 63.2 Å². The third-order valence-electron chi connectivity index (χ3n) is 3.94. The van der Waals surface area contributed by atoms with E-state index in [1.165, 1.54) is 5.56 Å². The van der Waals surface area contributed by atoms with Crippen molar-refractivity contribution in [2.24, 2.45) is 0 Å². The minimum absolute atomic E-state index is 0.282. The summed E-state index contributed by atoms with van der Waals surface area (Å²) in [6.45, 7) is 6.24. The highest BCUT2D eigenvalue weighted by Crippen LogP contribution is 2.27. The molecule has 0 aliphatic carbocycles. The summed E-state index contributed by atoms with van der Waals surface area (Å²) in [6.07, 6.45) is 0.439. The smallest absolute Gasteiger partial charge is 0.345 e. The van der Waals surface area contributed by atoms with E-state index in [0.717, 1.165) is 17.5 Å². The van der Waals surface area contributed by atoms with E-state index in [2.05, 4.69) is 20.8 Å². The lowest BCUT2D eigenvalue weighted by molar-refractivity contribution is -0.145. The summed E-state index contributed by atoms with van der Waals surface area (Å²) in [4.78, 5) is 11.6. The average molecular weight is 312 g/mol. The van der Waals surface area contributed by atoms with E-state index in [1.807, 2.05) is 48.5 Å². The van der Waals surface area contributed by atoms with Gasteiger partial charge in [0.25, 0.3) is 0 Å². The lowest BCUT2D eigenvalue weighted by Gasteiger charge is -2.19. The number of carboxylic acid groups (broad SMARTS) is 1. The SMILES string of the molecule is CCc1ccc(C[C@@H](Oc2ccccc2C(C)C)C(=O)O)cc1. The second-order valence-electron chi connectivity index (χ2n) is 6.01. The van der Waals surface area contributed by atoms with Gasteiger partial charge in [0, 0.05) is 6.42 Å². The maximum absolute atomic E-state index is 11.6. The van der Waals surface area contributed by atoms with Gasteiger partial charge in [0.2, 0.25) is 0 Å². The van der Waals surface area contributed by atoms with E-state index >= 15 is 0 Å². The molecule has 1 atom stereocenters. The van der Waals surface area contributed by atoms with Gasteiger partial charge < -0.3 is 9.84 Å². The van der Waals surface area contributed by atoms with Crippen LogP contribution in [0, 0.1) is 0 Å². The van der Waals surface area contributed by atoms with Crippen LogP contribution in [0.4, 0.5) is 0 Å². The van der Waals surface area contributed by atoms with Gasteiger partial charge in [-0.2, -0.15) is 0 Å². The molecule has 1 N–H and O–H groups in total. The van der Waals surface area contributed by atoms with E-state index in [9.17, 15) is 9.90 Å². The van der Waals surface area contributed by atoms with Gasteiger partial charge in [-0.25, -0.2) is 4.79 Å². The largest absolute Gasteiger partial charge is 0.478 e. The van der Waals surface area contributed by atoms with E-state index < -0.39 is 12.1 Å². The van der Waals surface area contributed by atoms with Crippen LogP contribution in [-0.2, 0) is 17.6 Å². The van der Waals surface area contributed by atoms with Gasteiger partial charge in [-0.3, -0.25) is 0 Å². The Balaban J connectivity index is 2.17. The topological polar surface area (TPSA) is 46.5 Å². The van der Waals surface area contributed by atoms with Crippen LogP contribution in [-0.4, -0.2) is 17.2 Å². The van der Waals surface area contributed by atoms with Crippen LogP contribution in [0.25, 0.3) is 0 Å². The number of aryl methyl sites for hydroxylation is 1. The first-order valence-electron chi connectivity index (χ1n) is 8.07. The van der Waals surface area contributed by atoms with Crippen LogP contribution >= 0.6 is 0 Å². The van der Waals surface area contributed by atoms with Crippen molar-refractivity contribution in [1.29, 1.82) is 0 Å². The Kier molecular flexibility index (Phi) is 5.80. The van der Waals surface area contributed by atoms with Gasteiger partial charge >= 0.3 is 5.97 Å². The predicted octanol–water partition coefficient (Wildman–Crippen LogP) is 4.45. The van der Waals surface area contributed by atoms with Crippen molar-refractivity contribution in [2.75, 3.05) is 0 Å². The number of carboxylic acids is 1. The molecule has 3 nitrogen and oxygen atoms in total. The Morgan fingerprint density at radius 1 is 1.04 bits per heavy atom. The predicted molar refractivity (Wildman–Crippen MR) is 92.1 cm³/mol. The third-order valence-corrected chi connectivity index (χ3v) is 3.94. The molecule has 23 heavy (non-hydrogen) atoms. The summed E-state index contributed by atoms with van der Waals surface area (Å²) in [5.41, 5.74) is 3.24. The summed E-state index contributed by atoms with van der Waals surface area (Å²) < 4.78 is 5.83. The molecule has 0 amide bonds. The first-order valence-corrected chi connectivity index (χ1v) is 8.07. The quantitative estimate of drug-likeness (QED) is 0.821. The maximum atomic E-state index is 11.6. The van der Waals surface area contributed by atoms with Crippen molar-refractivity contribution in [3.05, 3.63) is 65.2 Å². The first kappa shape index (κ1) is 17.1. The fourth-order valence-corrected chi connectivity index (χ4v) is 2.52. The van der Waals surface area contributed by atoms with Crippen LogP contribution in [0.5, 0.6) is 5.75 Å². The number of hydrogen-bond donors (Lipinski definition) is 1. The number of aliphatic carboxylic acids is 1. The third kappa shape index (κ3) is 4.59. The molecule has 0 aromatic heterocycles. The lowest BCUT2D eigenvalue weighted by Crippen LogP contribution is -2.29. The van der Waals surface area contributed by atoms with Gasteiger partial charge in [0.05, 0.1) is 0 Å². The zero-order valence-corrected chi connectivity index (χ0v) is 14.0. The van der Waals surface area contributed by atoms with Crippen molar-refractivity contribution in [2.45, 2.75) is 45.6 Å². The molecular weight excluding hydrogens is 288 g/mol. The van der Waals surface area contributed by atoms with Crippen LogP contribution in [0.2, 0.25) is 0 Å². The summed E-state index contributed by atoms with van der Waals surface area (Å²) in [7, 11) is 0. The second-order valence-corrected chi connectivity index (χ2v) is 6.01. The van der Waals surface area contributed by atoms with Gasteiger partial charge in [-0.05, 0) is 35.1 Å². The van der Waals surface area contributed by atoms with Crippen LogP contribution in [0.15, 0.2) is 48.5 Å². The Morgan fingerprint density at radius 3 is 2.22 bits per heavy atom. The van der Waals surface area contributed by atoms with Crippen LogP contribution in [0.3, 0.4) is 0 Å². The Bertz CT molecular complexity index is 644. The molecular formula is C20H24O3. The highest BCUT2D eigenvalue weighted by molar-refractivity contribution is 5.73. The monoisotopic (exact) mass is 312 g/mol. The van der Waals surface area contributed by atoms with Crippen molar-refractivity contribution >= 4 is 5.97 Å². The van der Waals surface area contributed by atoms with Gasteiger partial charge in [-0.15, -0.1) is 0 Å². The highest BCUT2D eigenvalue weighted by atomic mass is 16.5. The fourth-order valence-electron chi connectivity index (χ4n) is 2.52. The summed E-state index contributed by atoms with van der Waals surface area (Å²) >= 11 is 0. The molecule has 0 saturated heterocycles. The molecule has 0 spiro atoms. The zero-order valence-electron chi connectivity index (χ0n) is 14.0. The number of hydrogen-bond acceptors (Lipinski definition) is 2. The summed E-state index contributed by atoms with van der Waals surface area (Å²) in [6, 6.07) is 15.7. The molecule has 0 saturated carbocycles. The number of rotatable bonds is 7. The normalized spacial score (nSPS) is 12.2. The molecule has 2 rings (SSSR count). The summed E-state index contributed by atoms with van der Waals surface area (Å²) in [5, 5.41) is 9.50. The van der Waals surface area contributed by atoms with Crippen molar-refractivity contribution in [3.63, 3.8) is 0 Å². The maximum Gasteiger partial charge on any atom is 0.345 e. The van der Waals surface area contributed by atoms with Crippen molar-refractivity contribution < 1.29 is 14.6 Å². The lowest BCUT2D eigenvalue weighted by atomic mass is 10.0. The number of ether oxygens (including phenoxy) is 1. The Labute approximate surface area is 137 Å². The molecule has 0 radical (unpaired) electrons. The summed E-state index contributed by atoms with van der Waals surface area (Å²) in [5.74, 6) is -0.00677. The standard InChI is InChI=1S/C20H24O3/c1-4-15-9-11-16(12-10-15)13-19(20(21)22)23-18-8-6-5-7-17(18)14(2)3/h5-12,14,19H,4,13H2,1-3H3,(H,21,22)/t19-/m1/s1. The molecule has 0 aliphatic heterocycles. The average Bonchev–Trinajstić information content (AvgIpc) is 2.55. The van der Waals surface area contributed by atoms with E-state index in [0.29, 0.717) is 12.2 Å². The van der Waals surface area contributed by atoms with E-state index in [1.54, 1.807) is 0 Å². The zero-order chi connectivity index (χ0) is 16.8. The van der Waals surface area contributed by atoms with E-state index in [4.69, 9.17) is 4.74 Å². The number of carbonyl (C=O) groups is 1. The van der Waals surface area contributed by atoms with E-state index in [-0.39, 0.29) is 5.92 Å². The molecule has 0 heterocycles. The molecule has 122 valence electrons. The number of benzene rings is 2. The molecule has 0 bridgehead atoms. The highest BCUT2D eigenvalue weighted by Gasteiger charge is 2.21. The Morgan fingerprint density at radius 2 is 1.65 bits per heavy atom. The molecule has 0 aliphatic rings. The second kappa shape index (κ2) is 7.82. The minimum atomic E-state index is -0.942. The first-order chi connectivity index (χ1) is 11.0. The minimum Gasteiger partial charge on any atom is -0.478 e. The van der Waals surface area contributed by atoms with Gasteiger partial charge in [0.15, 0.2) is 6.10 Å². The van der Waals surface area contributed by atoms with Crippen molar-refractivity contribution in [1.82, 2.24) is 0 Å². The fraction of sp³-hybridized carbons (Fsp3) is 0.350. The number of para-hydroxylation sites is 1. The van der Waals surface area contributed by atoms with Crippen LogP contribution in [0.1, 0.15) is 43.4 Å². The van der Waals surface area contributed by atoms with Crippen LogP contribution < -0.4 is 4.74 Å². The molecule has 3 heteroatoms. The molecule has 0 unspecified atom stereocenters. The molecule has 0 fully saturated rings.